The molecule has 0 bridgehead atoms. The van der Waals surface area contributed by atoms with Gasteiger partial charge in [0.1, 0.15) is 0 Å². The maximum absolute atomic E-state index is 2.39. The maximum atomic E-state index is 2.39. The summed E-state index contributed by atoms with van der Waals surface area (Å²) in [6.07, 6.45) is 9.87. The van der Waals surface area contributed by atoms with Gasteiger partial charge in [0.25, 0.3) is 0 Å². The summed E-state index contributed by atoms with van der Waals surface area (Å²) in [5.74, 6) is 0.431. The maximum Gasteiger partial charge on any atom is 0.0541 e. The van der Waals surface area contributed by atoms with Crippen molar-refractivity contribution in [2.24, 2.45) is 0 Å². The molecule has 0 amide bonds. The molecule has 8 aromatic carbocycles. The molecule has 266 valence electrons. The van der Waals surface area contributed by atoms with Gasteiger partial charge in [0, 0.05) is 39.4 Å². The number of allylic oxidation sites excluding steroid dienone is 4. The van der Waals surface area contributed by atoms with Crippen molar-refractivity contribution >= 4 is 38.9 Å². The van der Waals surface area contributed by atoms with Gasteiger partial charge < -0.3 is 9.47 Å². The minimum atomic E-state index is 0.431. The minimum absolute atomic E-state index is 0.431. The molecule has 2 heteroatoms. The Balaban J connectivity index is 0.963. The van der Waals surface area contributed by atoms with E-state index in [9.17, 15) is 0 Å². The third-order valence-electron chi connectivity index (χ3n) is 11.1. The molecule has 0 saturated heterocycles. The molecule has 1 aliphatic carbocycles. The Hall–Kier alpha value is -7.16. The molecule has 0 fully saturated rings. The topological polar surface area (TPSA) is 8.17 Å². The Morgan fingerprint density at radius 2 is 0.929 bits per heavy atom. The van der Waals surface area contributed by atoms with Crippen molar-refractivity contribution in [3.8, 4) is 39.1 Å². The zero-order valence-electron chi connectivity index (χ0n) is 31.0. The largest absolute Gasteiger partial charge is 0.311 e. The van der Waals surface area contributed by atoms with Gasteiger partial charge in [-0.05, 0) is 118 Å². The van der Waals surface area contributed by atoms with Gasteiger partial charge in [-0.3, -0.25) is 0 Å². The highest BCUT2D eigenvalue weighted by molar-refractivity contribution is 6.10. The molecule has 1 unspecified atom stereocenters. The number of rotatable bonds is 8. The molecular weight excluding hydrogens is 677 g/mol. The number of nitrogens with zero attached hydrogens (tertiary/aromatic N) is 2. The van der Waals surface area contributed by atoms with Crippen molar-refractivity contribution in [2.45, 2.75) is 12.3 Å². The van der Waals surface area contributed by atoms with E-state index in [0.29, 0.717) is 5.92 Å². The monoisotopic (exact) mass is 716 g/mol. The molecule has 1 aliphatic rings. The van der Waals surface area contributed by atoms with Gasteiger partial charge >= 0.3 is 0 Å². The van der Waals surface area contributed by atoms with Crippen molar-refractivity contribution in [1.82, 2.24) is 4.57 Å². The quantitative estimate of drug-likeness (QED) is 0.152. The van der Waals surface area contributed by atoms with Crippen LogP contribution in [0, 0.1) is 0 Å². The van der Waals surface area contributed by atoms with Gasteiger partial charge in [0.2, 0.25) is 0 Å². The average Bonchev–Trinajstić information content (AvgIpc) is 3.62. The normalized spacial score (nSPS) is 13.7. The summed E-state index contributed by atoms with van der Waals surface area (Å²) in [6, 6.07) is 72.7. The van der Waals surface area contributed by atoms with Crippen LogP contribution in [0.4, 0.5) is 17.1 Å². The number of fused-ring (bicyclic) bond motifs is 3. The first-order valence-corrected chi connectivity index (χ1v) is 19.5. The zero-order valence-corrected chi connectivity index (χ0v) is 31.0. The van der Waals surface area contributed by atoms with Crippen molar-refractivity contribution in [3.63, 3.8) is 0 Å². The molecule has 0 saturated carbocycles. The van der Waals surface area contributed by atoms with Gasteiger partial charge in [-0.25, -0.2) is 0 Å². The van der Waals surface area contributed by atoms with E-state index >= 15 is 0 Å². The highest BCUT2D eigenvalue weighted by atomic mass is 15.1. The molecule has 0 spiro atoms. The summed E-state index contributed by atoms with van der Waals surface area (Å²) in [7, 11) is 0. The number of aromatic nitrogens is 1. The zero-order chi connectivity index (χ0) is 37.3. The lowest BCUT2D eigenvalue weighted by atomic mass is 9.92. The van der Waals surface area contributed by atoms with Gasteiger partial charge in [-0.1, -0.05) is 152 Å². The van der Waals surface area contributed by atoms with Crippen molar-refractivity contribution in [1.29, 1.82) is 0 Å². The van der Waals surface area contributed by atoms with Gasteiger partial charge in [0.15, 0.2) is 0 Å². The van der Waals surface area contributed by atoms with E-state index in [1.165, 1.54) is 60.8 Å². The van der Waals surface area contributed by atoms with E-state index in [1.54, 1.807) is 0 Å². The van der Waals surface area contributed by atoms with Crippen molar-refractivity contribution < 1.29 is 0 Å². The summed E-state index contributed by atoms with van der Waals surface area (Å²) in [4.78, 5) is 2.34. The molecule has 0 aliphatic heterocycles. The number of hydrogen-bond acceptors (Lipinski definition) is 1. The summed E-state index contributed by atoms with van der Waals surface area (Å²) in [6.45, 7) is 0. The fraction of sp³-hybridized carbons (Fsp3) is 0.0370. The molecule has 9 aromatic rings. The van der Waals surface area contributed by atoms with E-state index in [-0.39, 0.29) is 0 Å². The van der Waals surface area contributed by atoms with E-state index in [0.717, 1.165) is 29.2 Å². The van der Waals surface area contributed by atoms with E-state index in [2.05, 4.69) is 234 Å². The Morgan fingerprint density at radius 3 is 1.66 bits per heavy atom. The number of benzene rings is 8. The van der Waals surface area contributed by atoms with Crippen molar-refractivity contribution in [2.75, 3.05) is 4.90 Å². The summed E-state index contributed by atoms with van der Waals surface area (Å²) >= 11 is 0. The SMILES string of the molecule is C1=CCC(c2ccc(N(c3ccccc3)c3ccc(-c4cccc(-c5ccc6c(c5)c5ccccc5n6-c5ccc(-c6ccccc6)cc5)c4)cc3)cc2)C=C1. The summed E-state index contributed by atoms with van der Waals surface area (Å²) < 4.78 is 2.39. The lowest BCUT2D eigenvalue weighted by Gasteiger charge is -2.26. The smallest absolute Gasteiger partial charge is 0.0541 e. The Kier molecular flexibility index (Phi) is 8.70. The predicted octanol–water partition coefficient (Wildman–Crippen LogP) is 14.9. The molecule has 56 heavy (non-hydrogen) atoms. The number of hydrogen-bond donors (Lipinski definition) is 0. The fourth-order valence-electron chi connectivity index (χ4n) is 8.27. The molecule has 10 rings (SSSR count). The minimum Gasteiger partial charge on any atom is -0.311 e. The van der Waals surface area contributed by atoms with Crippen LogP contribution >= 0.6 is 0 Å². The molecule has 2 nitrogen and oxygen atoms in total. The highest BCUT2D eigenvalue weighted by Crippen LogP contribution is 2.39. The second-order valence-corrected chi connectivity index (χ2v) is 14.5. The van der Waals surface area contributed by atoms with Crippen LogP contribution in [0.25, 0.3) is 60.9 Å². The Bertz CT molecular complexity index is 2840. The second kappa shape index (κ2) is 14.6. The highest BCUT2D eigenvalue weighted by Gasteiger charge is 2.16. The lowest BCUT2D eigenvalue weighted by molar-refractivity contribution is 0.854. The van der Waals surface area contributed by atoms with Crippen LogP contribution < -0.4 is 4.90 Å². The molecule has 1 aromatic heterocycles. The van der Waals surface area contributed by atoms with Crippen LogP contribution in [0.3, 0.4) is 0 Å². The van der Waals surface area contributed by atoms with Crippen LogP contribution in [0.1, 0.15) is 17.9 Å². The van der Waals surface area contributed by atoms with Crippen LogP contribution in [0.15, 0.2) is 224 Å². The molecule has 1 atom stereocenters. The fourth-order valence-corrected chi connectivity index (χ4v) is 8.27. The molecule has 0 radical (unpaired) electrons. The Labute approximate surface area is 328 Å². The average molecular weight is 717 g/mol. The summed E-state index contributed by atoms with van der Waals surface area (Å²) in [5, 5.41) is 2.50. The van der Waals surface area contributed by atoms with Gasteiger partial charge in [-0.15, -0.1) is 0 Å². The third kappa shape index (κ3) is 6.32. The first-order valence-electron chi connectivity index (χ1n) is 19.5. The number of para-hydroxylation sites is 2. The van der Waals surface area contributed by atoms with Crippen LogP contribution in [0.2, 0.25) is 0 Å². The molecular formula is C54H40N2. The Morgan fingerprint density at radius 1 is 0.393 bits per heavy atom. The van der Waals surface area contributed by atoms with E-state index in [4.69, 9.17) is 0 Å². The third-order valence-corrected chi connectivity index (χ3v) is 11.1. The van der Waals surface area contributed by atoms with Crippen molar-refractivity contribution in [3.05, 3.63) is 230 Å². The first-order chi connectivity index (χ1) is 27.8. The van der Waals surface area contributed by atoms with E-state index < -0.39 is 0 Å². The number of anilines is 3. The van der Waals surface area contributed by atoms with Gasteiger partial charge in [-0.2, -0.15) is 0 Å². The standard InChI is InChI=1S/C54H40N2/c1-4-13-39(14-5-1)41-23-30-48(31-24-41)55(47-19-8-3-9-20-47)49-32-27-43(28-33-49)44-17-12-18-45(37-44)46-29-36-54-52(38-46)51-21-10-11-22-53(51)56(54)50-34-25-42(26-35-50)40-15-6-2-7-16-40/h1-13,15-39H,14H2. The van der Waals surface area contributed by atoms with Crippen LogP contribution in [-0.2, 0) is 0 Å². The molecule has 1 heterocycles. The predicted molar refractivity (Wildman–Crippen MR) is 237 cm³/mol. The van der Waals surface area contributed by atoms with Gasteiger partial charge in [0.05, 0.1) is 11.0 Å². The second-order valence-electron chi connectivity index (χ2n) is 14.5. The van der Waals surface area contributed by atoms with Crippen LogP contribution in [-0.4, -0.2) is 4.57 Å². The van der Waals surface area contributed by atoms with Crippen LogP contribution in [0.5, 0.6) is 0 Å². The first kappa shape index (κ1) is 33.4. The molecule has 0 N–H and O–H groups in total. The summed E-state index contributed by atoms with van der Waals surface area (Å²) in [5.41, 5.74) is 15.6. The van der Waals surface area contributed by atoms with E-state index in [1.807, 2.05) is 0 Å². The lowest BCUT2D eigenvalue weighted by Crippen LogP contribution is -2.10.